The molecular formula is C17H14F2N2O2S. The third kappa shape index (κ3) is 3.26. The van der Waals surface area contributed by atoms with Crippen LogP contribution in [0.15, 0.2) is 41.6 Å². The van der Waals surface area contributed by atoms with Gasteiger partial charge < -0.3 is 9.72 Å². The van der Waals surface area contributed by atoms with Gasteiger partial charge in [-0.05, 0) is 31.2 Å². The maximum atomic E-state index is 13.7. The van der Waals surface area contributed by atoms with Gasteiger partial charge in [0.25, 0.3) is 0 Å². The van der Waals surface area contributed by atoms with E-state index in [0.29, 0.717) is 17.0 Å². The van der Waals surface area contributed by atoms with E-state index in [9.17, 15) is 13.6 Å². The summed E-state index contributed by atoms with van der Waals surface area (Å²) in [6.07, 6.45) is 0. The molecule has 0 amide bonds. The van der Waals surface area contributed by atoms with Crippen LogP contribution in [-0.4, -0.2) is 28.1 Å². The minimum Gasteiger partial charge on any atom is -0.497 e. The molecule has 3 aromatic rings. The van der Waals surface area contributed by atoms with E-state index >= 15 is 0 Å². The smallest absolute Gasteiger partial charge is 0.178 e. The minimum absolute atomic E-state index is 0.130. The molecule has 1 atom stereocenters. The maximum absolute atomic E-state index is 13.7. The number of rotatable bonds is 5. The maximum Gasteiger partial charge on any atom is 0.178 e. The van der Waals surface area contributed by atoms with Crippen molar-refractivity contribution in [3.63, 3.8) is 0 Å². The van der Waals surface area contributed by atoms with E-state index in [1.165, 1.54) is 11.8 Å². The van der Waals surface area contributed by atoms with Crippen LogP contribution in [-0.2, 0) is 0 Å². The van der Waals surface area contributed by atoms with Crippen LogP contribution >= 0.6 is 11.8 Å². The monoisotopic (exact) mass is 348 g/mol. The third-order valence-electron chi connectivity index (χ3n) is 3.52. The van der Waals surface area contributed by atoms with Crippen molar-refractivity contribution in [3.05, 3.63) is 53.6 Å². The Labute approximate surface area is 141 Å². The number of carbonyl (C=O) groups is 1. The summed E-state index contributed by atoms with van der Waals surface area (Å²) < 4.78 is 31.9. The van der Waals surface area contributed by atoms with Gasteiger partial charge in [0.2, 0.25) is 0 Å². The number of carbonyl (C=O) groups excluding carboxylic acids is 1. The number of thioether (sulfide) groups is 1. The molecule has 0 spiro atoms. The second-order valence-electron chi connectivity index (χ2n) is 5.17. The van der Waals surface area contributed by atoms with Gasteiger partial charge in [0.15, 0.2) is 10.9 Å². The van der Waals surface area contributed by atoms with Crippen LogP contribution < -0.4 is 4.74 Å². The number of fused-ring (bicyclic) bond motifs is 1. The van der Waals surface area contributed by atoms with Crippen molar-refractivity contribution in [2.75, 3.05) is 7.11 Å². The number of aromatic amines is 1. The van der Waals surface area contributed by atoms with E-state index in [1.807, 2.05) is 0 Å². The summed E-state index contributed by atoms with van der Waals surface area (Å²) in [6.45, 7) is 1.66. The molecule has 0 aliphatic carbocycles. The number of methoxy groups -OCH3 is 1. The molecule has 3 rings (SSSR count). The van der Waals surface area contributed by atoms with E-state index < -0.39 is 22.7 Å². The van der Waals surface area contributed by atoms with Gasteiger partial charge in [-0.25, -0.2) is 13.8 Å². The number of ether oxygens (including phenoxy) is 1. The lowest BCUT2D eigenvalue weighted by Crippen LogP contribution is -2.15. The quantitative estimate of drug-likeness (QED) is 0.554. The first-order valence-electron chi connectivity index (χ1n) is 7.17. The average Bonchev–Trinajstić information content (AvgIpc) is 2.95. The van der Waals surface area contributed by atoms with Crippen LogP contribution in [0, 0.1) is 11.6 Å². The van der Waals surface area contributed by atoms with Gasteiger partial charge in [0.05, 0.1) is 29.0 Å². The van der Waals surface area contributed by atoms with Crippen LogP contribution in [0.3, 0.4) is 0 Å². The number of Topliss-reactive ketones (excluding diaryl/α,β-unsaturated/α-hetero) is 1. The van der Waals surface area contributed by atoms with Crippen molar-refractivity contribution in [3.8, 4) is 5.75 Å². The van der Waals surface area contributed by atoms with Crippen LogP contribution in [0.25, 0.3) is 11.0 Å². The Hall–Kier alpha value is -2.41. The number of aromatic nitrogens is 2. The zero-order valence-electron chi connectivity index (χ0n) is 13.0. The number of halogens is 2. The zero-order valence-corrected chi connectivity index (χ0v) is 13.8. The number of nitrogens with one attached hydrogen (secondary N) is 1. The van der Waals surface area contributed by atoms with Gasteiger partial charge in [-0.15, -0.1) is 0 Å². The van der Waals surface area contributed by atoms with Crippen molar-refractivity contribution in [1.82, 2.24) is 9.97 Å². The largest absolute Gasteiger partial charge is 0.497 e. The van der Waals surface area contributed by atoms with Gasteiger partial charge in [0, 0.05) is 12.1 Å². The predicted octanol–water partition coefficient (Wildman–Crippen LogP) is 4.21. The van der Waals surface area contributed by atoms with Crippen molar-refractivity contribution in [2.45, 2.75) is 17.3 Å². The van der Waals surface area contributed by atoms with E-state index in [2.05, 4.69) is 9.97 Å². The van der Waals surface area contributed by atoms with Gasteiger partial charge in [0.1, 0.15) is 17.4 Å². The van der Waals surface area contributed by atoms with Gasteiger partial charge >= 0.3 is 0 Å². The van der Waals surface area contributed by atoms with Crippen LogP contribution in [0.2, 0.25) is 0 Å². The van der Waals surface area contributed by atoms with Gasteiger partial charge in [-0.1, -0.05) is 11.8 Å². The van der Waals surface area contributed by atoms with Crippen molar-refractivity contribution in [1.29, 1.82) is 0 Å². The Morgan fingerprint density at radius 2 is 2.04 bits per heavy atom. The summed E-state index contributed by atoms with van der Waals surface area (Å²) in [5, 5.41) is -0.0333. The fourth-order valence-electron chi connectivity index (χ4n) is 2.28. The lowest BCUT2D eigenvalue weighted by atomic mass is 10.1. The first-order valence-corrected chi connectivity index (χ1v) is 8.05. The molecule has 1 unspecified atom stereocenters. The molecule has 0 radical (unpaired) electrons. The van der Waals surface area contributed by atoms with Crippen LogP contribution in [0.4, 0.5) is 8.78 Å². The van der Waals surface area contributed by atoms with Crippen molar-refractivity contribution >= 4 is 28.6 Å². The summed E-state index contributed by atoms with van der Waals surface area (Å²) in [5.41, 5.74) is 1.39. The molecule has 0 saturated heterocycles. The van der Waals surface area contributed by atoms with E-state index in [1.54, 1.807) is 32.2 Å². The van der Waals surface area contributed by atoms with Gasteiger partial charge in [-0.2, -0.15) is 0 Å². The molecule has 1 aromatic heterocycles. The number of ketones is 1. The Morgan fingerprint density at radius 3 is 2.75 bits per heavy atom. The highest BCUT2D eigenvalue weighted by Crippen LogP contribution is 2.27. The molecule has 124 valence electrons. The Bertz CT molecular complexity index is 911. The number of nitrogens with zero attached hydrogens (tertiary/aromatic N) is 1. The lowest BCUT2D eigenvalue weighted by Gasteiger charge is -2.09. The molecule has 2 aromatic carbocycles. The fourth-order valence-corrected chi connectivity index (χ4v) is 3.17. The Balaban J connectivity index is 1.81. The normalized spacial score (nSPS) is 12.3. The second kappa shape index (κ2) is 6.60. The van der Waals surface area contributed by atoms with Crippen LogP contribution in [0.1, 0.15) is 17.3 Å². The molecule has 24 heavy (non-hydrogen) atoms. The molecule has 4 nitrogen and oxygen atoms in total. The molecule has 0 bridgehead atoms. The predicted molar refractivity (Wildman–Crippen MR) is 88.7 cm³/mol. The number of imidazole rings is 1. The minimum atomic E-state index is -0.859. The number of H-pyrrole nitrogens is 1. The first kappa shape index (κ1) is 16.4. The molecular weight excluding hydrogens is 334 g/mol. The number of benzene rings is 2. The molecule has 0 aliphatic rings. The summed E-state index contributed by atoms with van der Waals surface area (Å²) in [5.74, 6) is -1.30. The first-order chi connectivity index (χ1) is 11.5. The molecule has 0 aliphatic heterocycles. The topological polar surface area (TPSA) is 55.0 Å². The van der Waals surface area contributed by atoms with E-state index in [0.717, 1.165) is 23.2 Å². The summed E-state index contributed by atoms with van der Waals surface area (Å²) in [4.78, 5) is 19.8. The standard InChI is InChI=1S/C17H14F2N2O2S/c1-9(16(22)12-5-3-10(18)7-13(12)19)24-17-20-14-6-4-11(23-2)8-15(14)21-17/h3-9H,1-2H3,(H,20,21). The highest BCUT2D eigenvalue weighted by atomic mass is 32.2. The van der Waals surface area contributed by atoms with Gasteiger partial charge in [-0.3, -0.25) is 4.79 Å². The van der Waals surface area contributed by atoms with Crippen LogP contribution in [0.5, 0.6) is 5.75 Å². The summed E-state index contributed by atoms with van der Waals surface area (Å²) in [7, 11) is 1.57. The summed E-state index contributed by atoms with van der Waals surface area (Å²) >= 11 is 1.18. The molecule has 1 heterocycles. The number of hydrogen-bond acceptors (Lipinski definition) is 4. The second-order valence-corrected chi connectivity index (χ2v) is 6.50. The van der Waals surface area contributed by atoms with Crippen molar-refractivity contribution < 1.29 is 18.3 Å². The average molecular weight is 348 g/mol. The lowest BCUT2D eigenvalue weighted by molar-refractivity contribution is 0.0990. The third-order valence-corrected chi connectivity index (χ3v) is 4.51. The highest BCUT2D eigenvalue weighted by Gasteiger charge is 2.21. The SMILES string of the molecule is COc1ccc2nc(SC(C)C(=O)c3ccc(F)cc3F)[nH]c2c1. The van der Waals surface area contributed by atoms with Crippen molar-refractivity contribution in [2.24, 2.45) is 0 Å². The molecule has 7 heteroatoms. The fraction of sp³-hybridized carbons (Fsp3) is 0.176. The molecule has 1 N–H and O–H groups in total. The zero-order chi connectivity index (χ0) is 17.3. The summed E-state index contributed by atoms with van der Waals surface area (Å²) in [6, 6.07) is 8.34. The Kier molecular flexibility index (Phi) is 4.53. The van der Waals surface area contributed by atoms with E-state index in [4.69, 9.17) is 4.74 Å². The Morgan fingerprint density at radius 1 is 1.25 bits per heavy atom. The van der Waals surface area contributed by atoms with E-state index in [-0.39, 0.29) is 5.56 Å². The molecule has 0 saturated carbocycles. The molecule has 0 fully saturated rings. The number of hydrogen-bond donors (Lipinski definition) is 1. The highest BCUT2D eigenvalue weighted by molar-refractivity contribution is 8.00.